The van der Waals surface area contributed by atoms with Crippen LogP contribution in [0.1, 0.15) is 10.6 Å². The van der Waals surface area contributed by atoms with Gasteiger partial charge in [-0.15, -0.1) is 11.3 Å². The molecule has 0 N–H and O–H groups in total. The number of rotatable bonds is 4. The first kappa shape index (κ1) is 17.6. The first-order chi connectivity index (χ1) is 11.4. The number of halogens is 1. The minimum Gasteiger partial charge on any atom is -0.299 e. The molecule has 0 bridgehead atoms. The predicted octanol–water partition coefficient (Wildman–Crippen LogP) is 1.23. The molecule has 2 aromatic heterocycles. The summed E-state index contributed by atoms with van der Waals surface area (Å²) in [7, 11) is 3.23. The zero-order valence-electron chi connectivity index (χ0n) is 13.9. The molecule has 1 fully saturated rings. The lowest BCUT2D eigenvalue weighted by Crippen LogP contribution is -2.46. The molecule has 1 saturated heterocycles. The van der Waals surface area contributed by atoms with Crippen LogP contribution in [0.2, 0.25) is 0 Å². The fraction of sp³-hybridized carbons (Fsp3) is 0.500. The van der Waals surface area contributed by atoms with E-state index in [9.17, 15) is 9.59 Å². The molecule has 0 spiro atoms. The Balaban J connectivity index is 1.60. The van der Waals surface area contributed by atoms with Gasteiger partial charge in [0.1, 0.15) is 0 Å². The Labute approximate surface area is 153 Å². The number of hydrogen-bond acceptors (Lipinski definition) is 5. The number of piperazine rings is 1. The summed E-state index contributed by atoms with van der Waals surface area (Å²) in [5.74, 6) is 0. The maximum atomic E-state index is 12.0. The summed E-state index contributed by atoms with van der Waals surface area (Å²) in [6.45, 7) is 5.49. The highest BCUT2D eigenvalue weighted by molar-refractivity contribution is 9.11. The molecule has 1 aliphatic rings. The molecule has 3 heterocycles. The van der Waals surface area contributed by atoms with Crippen molar-refractivity contribution in [1.29, 1.82) is 0 Å². The van der Waals surface area contributed by atoms with E-state index in [4.69, 9.17) is 0 Å². The topological polar surface area (TPSA) is 50.5 Å². The van der Waals surface area contributed by atoms with E-state index in [2.05, 4.69) is 37.9 Å². The van der Waals surface area contributed by atoms with Crippen LogP contribution in [0.5, 0.6) is 0 Å². The SMILES string of the molecule is Cn1c(CN2CCN(Cc3ccc(Br)s3)CC2)cc(=O)n(C)c1=O. The second-order valence-electron chi connectivity index (χ2n) is 6.13. The Kier molecular flexibility index (Phi) is 5.39. The van der Waals surface area contributed by atoms with Crippen molar-refractivity contribution < 1.29 is 0 Å². The molecule has 130 valence electrons. The quantitative estimate of drug-likeness (QED) is 0.757. The summed E-state index contributed by atoms with van der Waals surface area (Å²) in [5.41, 5.74) is 0.271. The molecule has 0 amide bonds. The normalized spacial score (nSPS) is 16.6. The van der Waals surface area contributed by atoms with Gasteiger partial charge < -0.3 is 0 Å². The lowest BCUT2D eigenvalue weighted by molar-refractivity contribution is 0.120. The van der Waals surface area contributed by atoms with Crippen molar-refractivity contribution in [3.63, 3.8) is 0 Å². The maximum absolute atomic E-state index is 12.0. The van der Waals surface area contributed by atoms with E-state index in [1.54, 1.807) is 29.0 Å². The van der Waals surface area contributed by atoms with Gasteiger partial charge in [0.2, 0.25) is 0 Å². The van der Waals surface area contributed by atoms with Gasteiger partial charge >= 0.3 is 5.69 Å². The largest absolute Gasteiger partial charge is 0.330 e. The van der Waals surface area contributed by atoms with Crippen LogP contribution in [0.15, 0.2) is 31.6 Å². The van der Waals surface area contributed by atoms with Gasteiger partial charge in [-0.25, -0.2) is 4.79 Å². The fourth-order valence-electron chi connectivity index (χ4n) is 2.92. The number of thiophene rings is 1. The van der Waals surface area contributed by atoms with Crippen LogP contribution in [0.25, 0.3) is 0 Å². The lowest BCUT2D eigenvalue weighted by Gasteiger charge is -2.34. The van der Waals surface area contributed by atoms with Gasteiger partial charge in [-0.05, 0) is 28.1 Å². The minimum absolute atomic E-state index is 0.241. The summed E-state index contributed by atoms with van der Waals surface area (Å²) in [4.78, 5) is 29.9. The number of aromatic nitrogens is 2. The Bertz CT molecular complexity index is 833. The van der Waals surface area contributed by atoms with Crippen molar-refractivity contribution in [2.24, 2.45) is 14.1 Å². The maximum Gasteiger partial charge on any atom is 0.330 e. The van der Waals surface area contributed by atoms with E-state index in [-0.39, 0.29) is 11.2 Å². The Morgan fingerprint density at radius 1 is 1.00 bits per heavy atom. The summed E-state index contributed by atoms with van der Waals surface area (Å²) in [6, 6.07) is 5.82. The average molecular weight is 413 g/mol. The van der Waals surface area contributed by atoms with E-state index in [1.807, 2.05) is 0 Å². The van der Waals surface area contributed by atoms with Gasteiger partial charge in [-0.2, -0.15) is 0 Å². The number of nitrogens with zero attached hydrogens (tertiary/aromatic N) is 4. The molecule has 0 unspecified atom stereocenters. The van der Waals surface area contributed by atoms with Gasteiger partial charge in [0.05, 0.1) is 3.79 Å². The van der Waals surface area contributed by atoms with Crippen LogP contribution in [-0.4, -0.2) is 45.1 Å². The van der Waals surface area contributed by atoms with E-state index >= 15 is 0 Å². The van der Waals surface area contributed by atoms with Crippen molar-refractivity contribution in [2.75, 3.05) is 26.2 Å². The summed E-state index contributed by atoms with van der Waals surface area (Å²) >= 11 is 5.28. The molecule has 8 heteroatoms. The predicted molar refractivity (Wildman–Crippen MR) is 99.5 cm³/mol. The van der Waals surface area contributed by atoms with Crippen molar-refractivity contribution in [3.05, 3.63) is 53.4 Å². The first-order valence-electron chi connectivity index (χ1n) is 7.89. The van der Waals surface area contributed by atoms with Gasteiger partial charge in [0, 0.05) is 70.0 Å². The van der Waals surface area contributed by atoms with E-state index in [0.29, 0.717) is 6.54 Å². The average Bonchev–Trinajstić information content (AvgIpc) is 2.97. The second kappa shape index (κ2) is 7.35. The van der Waals surface area contributed by atoms with Crippen molar-refractivity contribution in [2.45, 2.75) is 13.1 Å². The number of hydrogen-bond donors (Lipinski definition) is 0. The highest BCUT2D eigenvalue weighted by Crippen LogP contribution is 2.23. The molecule has 0 radical (unpaired) electrons. The summed E-state index contributed by atoms with van der Waals surface area (Å²) in [6.07, 6.45) is 0. The van der Waals surface area contributed by atoms with Crippen LogP contribution < -0.4 is 11.2 Å². The summed E-state index contributed by atoms with van der Waals surface area (Å²) in [5, 5.41) is 0. The zero-order chi connectivity index (χ0) is 17.3. The Morgan fingerprint density at radius 2 is 1.62 bits per heavy atom. The highest BCUT2D eigenvalue weighted by Gasteiger charge is 2.19. The monoisotopic (exact) mass is 412 g/mol. The molecule has 0 atom stereocenters. The Hall–Kier alpha value is -1.22. The zero-order valence-corrected chi connectivity index (χ0v) is 16.3. The molecule has 0 saturated carbocycles. The molecule has 24 heavy (non-hydrogen) atoms. The van der Waals surface area contributed by atoms with Crippen molar-refractivity contribution in [1.82, 2.24) is 18.9 Å². The summed E-state index contributed by atoms with van der Waals surface area (Å²) < 4.78 is 3.88. The molecule has 0 aliphatic carbocycles. The van der Waals surface area contributed by atoms with Crippen LogP contribution in [-0.2, 0) is 27.2 Å². The van der Waals surface area contributed by atoms with Gasteiger partial charge in [-0.3, -0.25) is 23.7 Å². The van der Waals surface area contributed by atoms with Crippen LogP contribution in [0.3, 0.4) is 0 Å². The van der Waals surface area contributed by atoms with Crippen molar-refractivity contribution >= 4 is 27.3 Å². The second-order valence-corrected chi connectivity index (χ2v) is 8.68. The van der Waals surface area contributed by atoms with Gasteiger partial charge in [-0.1, -0.05) is 0 Å². The van der Waals surface area contributed by atoms with Gasteiger partial charge in [0.25, 0.3) is 5.56 Å². The third-order valence-electron chi connectivity index (χ3n) is 4.48. The third kappa shape index (κ3) is 3.88. The molecule has 1 aliphatic heterocycles. The first-order valence-corrected chi connectivity index (χ1v) is 9.50. The molecule has 2 aromatic rings. The van der Waals surface area contributed by atoms with Crippen molar-refractivity contribution in [3.8, 4) is 0 Å². The van der Waals surface area contributed by atoms with Crippen LogP contribution in [0.4, 0.5) is 0 Å². The molecule has 3 rings (SSSR count). The van der Waals surface area contributed by atoms with Crippen LogP contribution in [0, 0.1) is 0 Å². The van der Waals surface area contributed by atoms with E-state index < -0.39 is 0 Å². The fourth-order valence-corrected chi connectivity index (χ4v) is 4.45. The molecule has 6 nitrogen and oxygen atoms in total. The third-order valence-corrected chi connectivity index (χ3v) is 6.09. The van der Waals surface area contributed by atoms with Gasteiger partial charge in [0.15, 0.2) is 0 Å². The minimum atomic E-state index is -0.264. The molecule has 0 aromatic carbocycles. The smallest absolute Gasteiger partial charge is 0.299 e. The van der Waals surface area contributed by atoms with E-state index in [0.717, 1.165) is 43.0 Å². The molecular weight excluding hydrogens is 392 g/mol. The highest BCUT2D eigenvalue weighted by atomic mass is 79.9. The van der Waals surface area contributed by atoms with E-state index in [1.165, 1.54) is 15.7 Å². The Morgan fingerprint density at radius 3 is 2.21 bits per heavy atom. The van der Waals surface area contributed by atoms with Crippen LogP contribution >= 0.6 is 27.3 Å². The molecular formula is C16H21BrN4O2S. The lowest BCUT2D eigenvalue weighted by atomic mass is 10.2. The standard InChI is InChI=1S/C16H21BrN4O2S/c1-18-12(9-15(22)19(2)16(18)23)10-20-5-7-21(8-6-20)11-13-3-4-14(17)24-13/h3-4,9H,5-8,10-11H2,1-2H3.